The van der Waals surface area contributed by atoms with Crippen molar-refractivity contribution < 1.29 is 8.42 Å². The Hall–Kier alpha value is -1.66. The molecule has 1 atom stereocenters. The largest absolute Gasteiger partial charge is 0.273 e. The number of hydrogen-bond donors (Lipinski definition) is 1. The molecule has 0 aliphatic heterocycles. The van der Waals surface area contributed by atoms with E-state index in [1.165, 1.54) is 0 Å². The molecule has 1 aromatic carbocycles. The van der Waals surface area contributed by atoms with Crippen LogP contribution in [-0.4, -0.2) is 18.2 Å². The van der Waals surface area contributed by atoms with Crippen LogP contribution in [0.2, 0.25) is 0 Å². The first-order valence-corrected chi connectivity index (χ1v) is 8.81. The van der Waals surface area contributed by atoms with E-state index in [-0.39, 0.29) is 10.9 Å². The number of aromatic nitrogens is 2. The van der Waals surface area contributed by atoms with Gasteiger partial charge < -0.3 is 0 Å². The third-order valence-corrected chi connectivity index (χ3v) is 5.49. The molecule has 0 saturated heterocycles. The van der Waals surface area contributed by atoms with Crippen molar-refractivity contribution in [2.75, 3.05) is 0 Å². The fraction of sp³-hybridized carbons (Fsp3) is 0.438. The predicted molar refractivity (Wildman–Crippen MR) is 87.2 cm³/mol. The Morgan fingerprint density at radius 2 is 1.73 bits per heavy atom. The van der Waals surface area contributed by atoms with E-state index in [0.717, 1.165) is 16.8 Å². The van der Waals surface area contributed by atoms with Crippen LogP contribution in [0.5, 0.6) is 0 Å². The van der Waals surface area contributed by atoms with Crippen molar-refractivity contribution in [3.63, 3.8) is 0 Å². The molecule has 120 valence electrons. The van der Waals surface area contributed by atoms with Gasteiger partial charge in [-0.25, -0.2) is 13.1 Å². The van der Waals surface area contributed by atoms with Crippen LogP contribution in [0.1, 0.15) is 49.6 Å². The average molecular weight is 321 g/mol. The lowest BCUT2D eigenvalue weighted by atomic mass is 10.0. The van der Waals surface area contributed by atoms with Gasteiger partial charge in [-0.3, -0.25) is 4.68 Å². The van der Waals surface area contributed by atoms with Crippen LogP contribution in [0.15, 0.2) is 35.4 Å². The van der Waals surface area contributed by atoms with E-state index in [1.54, 1.807) is 23.0 Å². The highest BCUT2D eigenvalue weighted by atomic mass is 32.2. The van der Waals surface area contributed by atoms with Crippen molar-refractivity contribution in [2.24, 2.45) is 7.05 Å². The van der Waals surface area contributed by atoms with Crippen LogP contribution in [0, 0.1) is 6.92 Å². The van der Waals surface area contributed by atoms with Gasteiger partial charge in [-0.1, -0.05) is 26.0 Å². The molecule has 1 N–H and O–H groups in total. The minimum Gasteiger partial charge on any atom is -0.273 e. The first-order chi connectivity index (χ1) is 10.2. The van der Waals surface area contributed by atoms with E-state index in [4.69, 9.17) is 0 Å². The molecule has 22 heavy (non-hydrogen) atoms. The Morgan fingerprint density at radius 1 is 1.14 bits per heavy atom. The molecular formula is C16H23N3O2S. The van der Waals surface area contributed by atoms with Gasteiger partial charge in [-0.15, -0.1) is 0 Å². The van der Waals surface area contributed by atoms with Crippen LogP contribution in [0.25, 0.3) is 0 Å². The zero-order valence-electron chi connectivity index (χ0n) is 13.7. The van der Waals surface area contributed by atoms with Crippen molar-refractivity contribution in [1.82, 2.24) is 14.5 Å². The zero-order valence-corrected chi connectivity index (χ0v) is 14.5. The summed E-state index contributed by atoms with van der Waals surface area (Å²) in [5.74, 6) is 0.377. The highest BCUT2D eigenvalue weighted by Crippen LogP contribution is 2.21. The van der Waals surface area contributed by atoms with Crippen LogP contribution in [0.3, 0.4) is 0 Å². The number of hydrogen-bond acceptors (Lipinski definition) is 3. The second-order valence-electron chi connectivity index (χ2n) is 5.88. The molecule has 0 aliphatic rings. The summed E-state index contributed by atoms with van der Waals surface area (Å²) >= 11 is 0. The van der Waals surface area contributed by atoms with E-state index < -0.39 is 10.0 Å². The number of nitrogens with one attached hydrogen (secondary N) is 1. The molecule has 0 aliphatic carbocycles. The highest BCUT2D eigenvalue weighted by Gasteiger charge is 2.20. The monoisotopic (exact) mass is 321 g/mol. The number of nitrogens with zero attached hydrogens (tertiary/aromatic N) is 2. The molecule has 1 unspecified atom stereocenters. The predicted octanol–water partition coefficient (Wildman–Crippen LogP) is 2.89. The van der Waals surface area contributed by atoms with E-state index in [2.05, 4.69) is 23.7 Å². The summed E-state index contributed by atoms with van der Waals surface area (Å²) in [6.45, 7) is 7.90. The third-order valence-electron chi connectivity index (χ3n) is 3.93. The van der Waals surface area contributed by atoms with E-state index >= 15 is 0 Å². The molecule has 1 heterocycles. The average Bonchev–Trinajstić information content (AvgIpc) is 2.78. The maximum atomic E-state index is 12.5. The number of sulfonamides is 1. The number of benzene rings is 1. The van der Waals surface area contributed by atoms with Crippen molar-refractivity contribution in [2.45, 2.75) is 44.6 Å². The molecule has 0 fully saturated rings. The molecule has 2 rings (SSSR count). The van der Waals surface area contributed by atoms with Crippen LogP contribution >= 0.6 is 0 Å². The van der Waals surface area contributed by atoms with Gasteiger partial charge in [0.25, 0.3) is 0 Å². The Morgan fingerprint density at radius 3 is 2.18 bits per heavy atom. The topological polar surface area (TPSA) is 64.0 Å². The van der Waals surface area contributed by atoms with Gasteiger partial charge in [-0.2, -0.15) is 5.10 Å². The summed E-state index contributed by atoms with van der Waals surface area (Å²) in [6, 6.07) is 6.70. The fourth-order valence-corrected chi connectivity index (χ4v) is 3.56. The molecule has 6 heteroatoms. The van der Waals surface area contributed by atoms with Crippen molar-refractivity contribution in [1.29, 1.82) is 0 Å². The zero-order chi connectivity index (χ0) is 16.5. The Balaban J connectivity index is 2.22. The normalized spacial score (nSPS) is 13.5. The second kappa shape index (κ2) is 6.22. The first-order valence-electron chi connectivity index (χ1n) is 7.33. The standard InChI is InChI=1S/C16H23N3O2S/c1-11(2)14-6-8-15(9-7-14)22(20,21)18-12(3)16-10-17-19(5)13(16)4/h6-12,18H,1-5H3. The van der Waals surface area contributed by atoms with Gasteiger partial charge in [0.1, 0.15) is 0 Å². The molecule has 2 aromatic rings. The maximum Gasteiger partial charge on any atom is 0.241 e. The summed E-state index contributed by atoms with van der Waals surface area (Å²) in [6.07, 6.45) is 1.70. The number of aryl methyl sites for hydroxylation is 1. The number of rotatable bonds is 5. The lowest BCUT2D eigenvalue weighted by Crippen LogP contribution is -2.27. The summed E-state index contributed by atoms with van der Waals surface area (Å²) < 4.78 is 29.4. The van der Waals surface area contributed by atoms with Crippen LogP contribution in [0.4, 0.5) is 0 Å². The summed E-state index contributed by atoms with van der Waals surface area (Å²) in [5.41, 5.74) is 2.95. The second-order valence-corrected chi connectivity index (χ2v) is 7.59. The van der Waals surface area contributed by atoms with E-state index in [1.807, 2.05) is 33.0 Å². The van der Waals surface area contributed by atoms with Gasteiger partial charge in [0.15, 0.2) is 0 Å². The summed E-state index contributed by atoms with van der Waals surface area (Å²) in [5, 5.41) is 4.15. The quantitative estimate of drug-likeness (QED) is 0.921. The summed E-state index contributed by atoms with van der Waals surface area (Å²) in [4.78, 5) is 0.283. The fourth-order valence-electron chi connectivity index (χ4n) is 2.34. The Kier molecular flexibility index (Phi) is 4.72. The van der Waals surface area contributed by atoms with Gasteiger partial charge in [0, 0.05) is 24.3 Å². The SMILES string of the molecule is Cc1c(C(C)NS(=O)(=O)c2ccc(C(C)C)cc2)cnn1C. The first kappa shape index (κ1) is 16.7. The molecule has 0 radical (unpaired) electrons. The van der Waals surface area contributed by atoms with Gasteiger partial charge in [-0.05, 0) is 37.5 Å². The van der Waals surface area contributed by atoms with Crippen molar-refractivity contribution >= 4 is 10.0 Å². The third kappa shape index (κ3) is 3.39. The molecule has 0 saturated carbocycles. The Bertz CT molecular complexity index is 746. The molecular weight excluding hydrogens is 298 g/mol. The van der Waals surface area contributed by atoms with Gasteiger partial charge in [0.05, 0.1) is 11.1 Å². The molecule has 0 bridgehead atoms. The molecule has 0 spiro atoms. The minimum absolute atomic E-state index is 0.283. The van der Waals surface area contributed by atoms with Crippen molar-refractivity contribution in [3.05, 3.63) is 47.3 Å². The maximum absolute atomic E-state index is 12.5. The van der Waals surface area contributed by atoms with Crippen molar-refractivity contribution in [3.8, 4) is 0 Å². The minimum atomic E-state index is -3.54. The van der Waals surface area contributed by atoms with Crippen LogP contribution < -0.4 is 4.72 Å². The lowest BCUT2D eigenvalue weighted by Gasteiger charge is -2.15. The smallest absolute Gasteiger partial charge is 0.241 e. The van der Waals surface area contributed by atoms with E-state index in [9.17, 15) is 8.42 Å². The highest BCUT2D eigenvalue weighted by molar-refractivity contribution is 7.89. The molecule has 5 nitrogen and oxygen atoms in total. The van der Waals surface area contributed by atoms with Gasteiger partial charge in [0.2, 0.25) is 10.0 Å². The lowest BCUT2D eigenvalue weighted by molar-refractivity contribution is 0.566. The molecule has 0 amide bonds. The summed E-state index contributed by atoms with van der Waals surface area (Å²) in [7, 11) is -1.71. The van der Waals surface area contributed by atoms with Crippen LogP contribution in [-0.2, 0) is 17.1 Å². The van der Waals surface area contributed by atoms with Gasteiger partial charge >= 0.3 is 0 Å². The Labute approximate surface area is 132 Å². The molecule has 1 aromatic heterocycles. The van der Waals surface area contributed by atoms with E-state index in [0.29, 0.717) is 5.92 Å².